The van der Waals surface area contributed by atoms with Gasteiger partial charge in [-0.15, -0.1) is 12.4 Å². The van der Waals surface area contributed by atoms with Crippen LogP contribution in [-0.4, -0.2) is 74.9 Å². The second-order valence-electron chi connectivity index (χ2n) is 7.01. The minimum absolute atomic E-state index is 0. The second kappa shape index (κ2) is 9.53. The standard InChI is InChI=1S/C19H29FN3O2.ClH/c1-2-3-12-23(18-6-4-17(20)5-7-18)13-8-21(9-14-23)19(24)22-10-15-25-16-11-22;/h4-7H,2-3,8-16H2,1H3;1H/q+1;. The average molecular weight is 387 g/mol. The van der Waals surface area contributed by atoms with Crippen molar-refractivity contribution in [3.8, 4) is 0 Å². The van der Waals surface area contributed by atoms with Crippen molar-refractivity contribution in [2.24, 2.45) is 0 Å². The number of piperazine rings is 1. The van der Waals surface area contributed by atoms with Gasteiger partial charge in [-0.2, -0.15) is 0 Å². The summed E-state index contributed by atoms with van der Waals surface area (Å²) in [5, 5.41) is 0. The van der Waals surface area contributed by atoms with Crippen LogP contribution in [0.2, 0.25) is 0 Å². The highest BCUT2D eigenvalue weighted by Gasteiger charge is 2.37. The molecule has 0 saturated carbocycles. The van der Waals surface area contributed by atoms with E-state index in [0.717, 1.165) is 55.7 Å². The number of benzene rings is 1. The predicted octanol–water partition coefficient (Wildman–Crippen LogP) is 3.12. The number of hydrogen-bond acceptors (Lipinski definition) is 2. The molecule has 146 valence electrons. The van der Waals surface area contributed by atoms with Gasteiger partial charge < -0.3 is 14.5 Å². The Morgan fingerprint density at radius 2 is 1.65 bits per heavy atom. The van der Waals surface area contributed by atoms with Gasteiger partial charge in [-0.25, -0.2) is 9.18 Å². The molecule has 5 nitrogen and oxygen atoms in total. The van der Waals surface area contributed by atoms with Gasteiger partial charge in [0.15, 0.2) is 0 Å². The minimum Gasteiger partial charge on any atom is -0.378 e. The van der Waals surface area contributed by atoms with E-state index in [9.17, 15) is 9.18 Å². The molecule has 0 aromatic heterocycles. The number of quaternary nitrogens is 1. The summed E-state index contributed by atoms with van der Waals surface area (Å²) in [4.78, 5) is 16.6. The molecule has 0 radical (unpaired) electrons. The van der Waals surface area contributed by atoms with Crippen molar-refractivity contribution >= 4 is 24.1 Å². The minimum atomic E-state index is -0.196. The smallest absolute Gasteiger partial charge is 0.320 e. The van der Waals surface area contributed by atoms with Gasteiger partial charge in [0.25, 0.3) is 0 Å². The maximum Gasteiger partial charge on any atom is 0.320 e. The Hall–Kier alpha value is -1.37. The highest BCUT2D eigenvalue weighted by atomic mass is 35.5. The molecule has 26 heavy (non-hydrogen) atoms. The lowest BCUT2D eigenvalue weighted by Crippen LogP contribution is -2.63. The van der Waals surface area contributed by atoms with E-state index >= 15 is 0 Å². The van der Waals surface area contributed by atoms with E-state index in [-0.39, 0.29) is 24.3 Å². The fraction of sp³-hybridized carbons (Fsp3) is 0.632. The molecule has 2 heterocycles. The lowest BCUT2D eigenvalue weighted by molar-refractivity contribution is 0.0379. The lowest BCUT2D eigenvalue weighted by Gasteiger charge is -2.45. The Morgan fingerprint density at radius 3 is 2.23 bits per heavy atom. The zero-order valence-electron chi connectivity index (χ0n) is 15.5. The Bertz CT molecular complexity index is 571. The highest BCUT2D eigenvalue weighted by Crippen LogP contribution is 2.27. The summed E-state index contributed by atoms with van der Waals surface area (Å²) >= 11 is 0. The summed E-state index contributed by atoms with van der Waals surface area (Å²) < 4.78 is 19.5. The van der Waals surface area contributed by atoms with Gasteiger partial charge in [0.05, 0.1) is 32.8 Å². The quantitative estimate of drug-likeness (QED) is 0.745. The number of unbranched alkanes of at least 4 members (excludes halogenated alkanes) is 1. The summed E-state index contributed by atoms with van der Waals surface area (Å²) in [7, 11) is 0. The number of hydrogen-bond donors (Lipinski definition) is 0. The molecule has 1 aromatic carbocycles. The molecular formula is C19H30ClFN3O2+. The third-order valence-corrected chi connectivity index (χ3v) is 5.46. The molecule has 0 atom stereocenters. The molecule has 1 aromatic rings. The fourth-order valence-corrected chi connectivity index (χ4v) is 3.82. The molecule has 2 fully saturated rings. The van der Waals surface area contributed by atoms with Crippen molar-refractivity contribution in [2.45, 2.75) is 19.8 Å². The van der Waals surface area contributed by atoms with E-state index in [2.05, 4.69) is 6.92 Å². The first-order valence-electron chi connectivity index (χ1n) is 9.38. The molecule has 0 spiro atoms. The number of halogens is 2. The maximum absolute atomic E-state index is 13.3. The number of urea groups is 1. The van der Waals surface area contributed by atoms with Crippen LogP contribution in [0.25, 0.3) is 0 Å². The van der Waals surface area contributed by atoms with Crippen LogP contribution in [0.4, 0.5) is 14.9 Å². The van der Waals surface area contributed by atoms with Crippen LogP contribution in [0, 0.1) is 5.82 Å². The van der Waals surface area contributed by atoms with Crippen molar-refractivity contribution in [3.05, 3.63) is 30.1 Å². The third kappa shape index (κ3) is 4.67. The van der Waals surface area contributed by atoms with Crippen LogP contribution < -0.4 is 4.48 Å². The van der Waals surface area contributed by atoms with E-state index < -0.39 is 0 Å². The summed E-state index contributed by atoms with van der Waals surface area (Å²) in [5.74, 6) is -0.196. The number of nitrogens with zero attached hydrogens (tertiary/aromatic N) is 3. The maximum atomic E-state index is 13.3. The summed E-state index contributed by atoms with van der Waals surface area (Å²) in [5.41, 5.74) is 1.16. The molecule has 7 heteroatoms. The van der Waals surface area contributed by atoms with Crippen molar-refractivity contribution in [1.82, 2.24) is 14.3 Å². The Morgan fingerprint density at radius 1 is 1.08 bits per heavy atom. The van der Waals surface area contributed by atoms with Gasteiger partial charge in [0.1, 0.15) is 24.6 Å². The van der Waals surface area contributed by atoms with Gasteiger partial charge in [-0.3, -0.25) is 4.48 Å². The summed E-state index contributed by atoms with van der Waals surface area (Å²) in [6.45, 7) is 9.14. The summed E-state index contributed by atoms with van der Waals surface area (Å²) in [6, 6.07) is 7.05. The van der Waals surface area contributed by atoms with Crippen molar-refractivity contribution in [1.29, 1.82) is 0 Å². The SMILES string of the molecule is CCCC[N+]1(c2ccc(F)cc2)CCN(C(=O)N2CCOCC2)CC1.Cl. The molecule has 2 aliphatic rings. The van der Waals surface area contributed by atoms with E-state index in [1.54, 1.807) is 12.1 Å². The fourth-order valence-electron chi connectivity index (χ4n) is 3.82. The number of carbonyl (C=O) groups excluding carboxylic acids is 1. The zero-order chi connectivity index (χ0) is 17.7. The second-order valence-corrected chi connectivity index (χ2v) is 7.01. The lowest BCUT2D eigenvalue weighted by atomic mass is 10.1. The number of rotatable bonds is 4. The van der Waals surface area contributed by atoms with Gasteiger partial charge >= 0.3 is 6.03 Å². The van der Waals surface area contributed by atoms with Gasteiger partial charge in [-0.05, 0) is 18.6 Å². The number of morpholine rings is 1. The summed E-state index contributed by atoms with van der Waals surface area (Å²) in [6.07, 6.45) is 2.27. The van der Waals surface area contributed by atoms with Gasteiger partial charge in [-0.1, -0.05) is 13.3 Å². The topological polar surface area (TPSA) is 32.8 Å². The molecule has 2 saturated heterocycles. The van der Waals surface area contributed by atoms with Crippen molar-refractivity contribution < 1.29 is 13.9 Å². The van der Waals surface area contributed by atoms with Crippen LogP contribution >= 0.6 is 12.4 Å². The van der Waals surface area contributed by atoms with E-state index in [4.69, 9.17) is 4.74 Å². The van der Waals surface area contributed by atoms with Crippen LogP contribution in [0.1, 0.15) is 19.8 Å². The van der Waals surface area contributed by atoms with Crippen molar-refractivity contribution in [3.63, 3.8) is 0 Å². The number of carbonyl (C=O) groups is 1. The Balaban J connectivity index is 0.00000243. The third-order valence-electron chi connectivity index (χ3n) is 5.46. The molecule has 2 aliphatic heterocycles. The van der Waals surface area contributed by atoms with Crippen LogP contribution in [0.5, 0.6) is 0 Å². The number of amides is 2. The van der Waals surface area contributed by atoms with Crippen molar-refractivity contribution in [2.75, 3.05) is 59.0 Å². The normalized spacial score (nSPS) is 19.8. The van der Waals surface area contributed by atoms with Crippen LogP contribution in [-0.2, 0) is 4.74 Å². The number of ether oxygens (including phenoxy) is 1. The van der Waals surface area contributed by atoms with E-state index in [1.165, 1.54) is 0 Å². The molecule has 0 unspecified atom stereocenters. The molecule has 0 aliphatic carbocycles. The van der Waals surface area contributed by atoms with Gasteiger partial charge in [0.2, 0.25) is 0 Å². The first-order valence-corrected chi connectivity index (χ1v) is 9.38. The van der Waals surface area contributed by atoms with E-state index in [0.29, 0.717) is 26.3 Å². The molecule has 3 rings (SSSR count). The predicted molar refractivity (Wildman–Crippen MR) is 104 cm³/mol. The van der Waals surface area contributed by atoms with Gasteiger partial charge in [0, 0.05) is 25.2 Å². The Kier molecular flexibility index (Phi) is 7.68. The molecule has 0 bridgehead atoms. The monoisotopic (exact) mass is 386 g/mol. The molecule has 0 N–H and O–H groups in total. The molecular weight excluding hydrogens is 357 g/mol. The Labute approximate surface area is 161 Å². The van der Waals surface area contributed by atoms with Crippen LogP contribution in [0.3, 0.4) is 0 Å². The van der Waals surface area contributed by atoms with E-state index in [1.807, 2.05) is 21.9 Å². The first kappa shape index (κ1) is 20.9. The highest BCUT2D eigenvalue weighted by molar-refractivity contribution is 5.85. The zero-order valence-corrected chi connectivity index (χ0v) is 16.3. The molecule has 2 amide bonds. The van der Waals surface area contributed by atoms with Crippen LogP contribution in [0.15, 0.2) is 24.3 Å². The first-order chi connectivity index (χ1) is 12.1. The largest absolute Gasteiger partial charge is 0.378 e. The average Bonchev–Trinajstić information content (AvgIpc) is 2.67.